The van der Waals surface area contributed by atoms with Crippen LogP contribution in [0.1, 0.15) is 42.5 Å². The van der Waals surface area contributed by atoms with Gasteiger partial charge in [0.15, 0.2) is 5.60 Å². The van der Waals surface area contributed by atoms with Crippen molar-refractivity contribution in [1.29, 1.82) is 0 Å². The minimum atomic E-state index is -1.48. The maximum atomic E-state index is 11.8. The average molecular weight is 246 g/mol. The third-order valence-corrected chi connectivity index (χ3v) is 4.26. The zero-order valence-corrected chi connectivity index (χ0v) is 11.0. The molecule has 1 aromatic carbocycles. The number of rotatable bonds is 0. The second kappa shape index (κ2) is 3.58. The minimum Gasteiger partial charge on any atom is -0.424 e. The quantitative estimate of drug-likeness (QED) is 0.564. The molecule has 1 aliphatic carbocycles. The van der Waals surface area contributed by atoms with Crippen molar-refractivity contribution in [2.75, 3.05) is 0 Å². The van der Waals surface area contributed by atoms with Crippen molar-refractivity contribution in [3.63, 3.8) is 0 Å². The van der Waals surface area contributed by atoms with Gasteiger partial charge >= 0.3 is 5.97 Å². The van der Waals surface area contributed by atoms with E-state index in [1.165, 1.54) is 24.5 Å². The number of carbonyl (C=O) groups excluding carboxylic acids is 1. The van der Waals surface area contributed by atoms with Crippen molar-refractivity contribution in [2.45, 2.75) is 45.6 Å². The molecule has 0 aromatic heterocycles. The number of fused-ring (bicyclic) bond motifs is 3. The maximum absolute atomic E-state index is 11.8. The van der Waals surface area contributed by atoms with Crippen LogP contribution in [-0.4, -0.2) is 11.1 Å². The van der Waals surface area contributed by atoms with Crippen LogP contribution in [0.4, 0.5) is 0 Å². The Morgan fingerprint density at radius 2 is 2.17 bits per heavy atom. The van der Waals surface area contributed by atoms with Crippen molar-refractivity contribution < 1.29 is 14.6 Å². The summed E-state index contributed by atoms with van der Waals surface area (Å²) < 4.78 is 5.22. The monoisotopic (exact) mass is 246 g/mol. The summed E-state index contributed by atoms with van der Waals surface area (Å²) in [6.07, 6.45) is 3.12. The average Bonchev–Trinajstić information content (AvgIpc) is 2.49. The van der Waals surface area contributed by atoms with Gasteiger partial charge in [0.05, 0.1) is 0 Å². The van der Waals surface area contributed by atoms with Crippen molar-refractivity contribution >= 4 is 5.97 Å². The summed E-state index contributed by atoms with van der Waals surface area (Å²) in [6, 6.07) is 1.89. The normalized spacial score (nSPS) is 29.8. The van der Waals surface area contributed by atoms with E-state index in [1.807, 2.05) is 6.07 Å². The first kappa shape index (κ1) is 11.7. The Kier molecular flexibility index (Phi) is 2.33. The van der Waals surface area contributed by atoms with E-state index in [0.717, 1.165) is 18.4 Å². The van der Waals surface area contributed by atoms with E-state index in [-0.39, 0.29) is 0 Å². The highest BCUT2D eigenvalue weighted by atomic mass is 16.6. The van der Waals surface area contributed by atoms with Crippen LogP contribution in [-0.2, 0) is 23.2 Å². The minimum absolute atomic E-state index is 0.551. The zero-order chi connectivity index (χ0) is 13.1. The molecule has 0 amide bonds. The summed E-state index contributed by atoms with van der Waals surface area (Å²) in [5, 5.41) is 10.4. The molecule has 18 heavy (non-hydrogen) atoms. The van der Waals surface area contributed by atoms with Gasteiger partial charge in [-0.1, -0.05) is 6.92 Å². The van der Waals surface area contributed by atoms with Crippen LogP contribution in [0.3, 0.4) is 0 Å². The fourth-order valence-corrected chi connectivity index (χ4v) is 3.22. The Bertz CT molecular complexity index is 543. The van der Waals surface area contributed by atoms with Crippen LogP contribution < -0.4 is 4.74 Å². The summed E-state index contributed by atoms with van der Waals surface area (Å²) >= 11 is 0. The van der Waals surface area contributed by atoms with Crippen molar-refractivity contribution in [3.05, 3.63) is 28.3 Å². The molecule has 0 saturated carbocycles. The number of hydrogen-bond acceptors (Lipinski definition) is 3. The fourth-order valence-electron chi connectivity index (χ4n) is 3.22. The number of hydrogen-bond donors (Lipinski definition) is 1. The number of benzene rings is 1. The van der Waals surface area contributed by atoms with Gasteiger partial charge in [0, 0.05) is 5.56 Å². The van der Waals surface area contributed by atoms with Crippen molar-refractivity contribution in [1.82, 2.24) is 0 Å². The van der Waals surface area contributed by atoms with Gasteiger partial charge in [-0.25, -0.2) is 4.79 Å². The summed E-state index contributed by atoms with van der Waals surface area (Å²) in [6.45, 7) is 5.80. The first-order chi connectivity index (χ1) is 8.41. The number of carbonyl (C=O) groups is 1. The largest absolute Gasteiger partial charge is 0.424 e. The van der Waals surface area contributed by atoms with Gasteiger partial charge in [0.2, 0.25) is 0 Å². The molecule has 0 fully saturated rings. The molecule has 1 N–H and O–H groups in total. The molecule has 2 aliphatic rings. The summed E-state index contributed by atoms with van der Waals surface area (Å²) in [5.41, 5.74) is 2.83. The van der Waals surface area contributed by atoms with Crippen LogP contribution in [0.5, 0.6) is 5.75 Å². The smallest absolute Gasteiger partial charge is 0.348 e. The lowest BCUT2D eigenvalue weighted by molar-refractivity contribution is -0.150. The summed E-state index contributed by atoms with van der Waals surface area (Å²) in [7, 11) is 0. The maximum Gasteiger partial charge on any atom is 0.348 e. The lowest BCUT2D eigenvalue weighted by Gasteiger charge is -2.27. The highest BCUT2D eigenvalue weighted by Gasteiger charge is 2.46. The van der Waals surface area contributed by atoms with Gasteiger partial charge in [-0.3, -0.25) is 0 Å². The Hall–Kier alpha value is -1.35. The van der Waals surface area contributed by atoms with Crippen molar-refractivity contribution in [3.8, 4) is 5.75 Å². The van der Waals surface area contributed by atoms with Crippen LogP contribution in [0.15, 0.2) is 6.07 Å². The molecular formula is C15H18O3. The number of ether oxygens (including phenoxy) is 1. The summed E-state index contributed by atoms with van der Waals surface area (Å²) in [4.78, 5) is 11.8. The van der Waals surface area contributed by atoms with Crippen LogP contribution in [0.25, 0.3) is 0 Å². The summed E-state index contributed by atoms with van der Waals surface area (Å²) in [5.74, 6) is 0.591. The number of aliphatic hydroxyl groups is 1. The van der Waals surface area contributed by atoms with Gasteiger partial charge in [-0.05, 0) is 61.8 Å². The SMILES string of the molecule is Cc1cc2c(c3c1CCC(C)C3)C(C)(O)C(=O)O2. The molecular weight excluding hydrogens is 228 g/mol. The zero-order valence-electron chi connectivity index (χ0n) is 11.0. The van der Waals surface area contributed by atoms with E-state index in [9.17, 15) is 9.90 Å². The Labute approximate surface area is 107 Å². The van der Waals surface area contributed by atoms with Gasteiger partial charge in [-0.15, -0.1) is 0 Å². The third-order valence-electron chi connectivity index (χ3n) is 4.26. The molecule has 0 radical (unpaired) electrons. The lowest BCUT2D eigenvalue weighted by Crippen LogP contribution is -2.31. The lowest BCUT2D eigenvalue weighted by atomic mass is 9.77. The molecule has 0 bridgehead atoms. The van der Waals surface area contributed by atoms with E-state index in [0.29, 0.717) is 17.2 Å². The standard InChI is InChI=1S/C15H18O3/c1-8-4-5-10-9(2)7-12-13(11(10)6-8)15(3,17)14(16)18-12/h7-8,17H,4-6H2,1-3H3. The number of aryl methyl sites for hydroxylation is 1. The number of esters is 1. The third kappa shape index (κ3) is 1.43. The van der Waals surface area contributed by atoms with Crippen LogP contribution in [0, 0.1) is 12.8 Å². The first-order valence-electron chi connectivity index (χ1n) is 6.51. The molecule has 0 spiro atoms. The molecule has 3 rings (SSSR count). The predicted octanol–water partition coefficient (Wildman–Crippen LogP) is 2.25. The molecule has 3 heteroatoms. The Morgan fingerprint density at radius 1 is 1.44 bits per heavy atom. The molecule has 1 heterocycles. The second-order valence-corrected chi connectivity index (χ2v) is 5.83. The van der Waals surface area contributed by atoms with E-state index < -0.39 is 11.6 Å². The van der Waals surface area contributed by atoms with E-state index in [2.05, 4.69) is 13.8 Å². The first-order valence-corrected chi connectivity index (χ1v) is 6.51. The highest BCUT2D eigenvalue weighted by Crippen LogP contribution is 2.45. The van der Waals surface area contributed by atoms with Gasteiger partial charge < -0.3 is 9.84 Å². The topological polar surface area (TPSA) is 46.5 Å². The molecule has 96 valence electrons. The fraction of sp³-hybridized carbons (Fsp3) is 0.533. The van der Waals surface area contributed by atoms with Crippen molar-refractivity contribution in [2.24, 2.45) is 5.92 Å². The van der Waals surface area contributed by atoms with Gasteiger partial charge in [0.1, 0.15) is 5.75 Å². The highest BCUT2D eigenvalue weighted by molar-refractivity contribution is 5.89. The van der Waals surface area contributed by atoms with E-state index >= 15 is 0 Å². The molecule has 1 aromatic rings. The predicted molar refractivity (Wildman–Crippen MR) is 67.6 cm³/mol. The molecule has 3 nitrogen and oxygen atoms in total. The Morgan fingerprint density at radius 3 is 2.89 bits per heavy atom. The Balaban J connectivity index is 2.27. The van der Waals surface area contributed by atoms with Crippen LogP contribution >= 0.6 is 0 Å². The van der Waals surface area contributed by atoms with Gasteiger partial charge in [-0.2, -0.15) is 0 Å². The molecule has 2 atom stereocenters. The van der Waals surface area contributed by atoms with Gasteiger partial charge in [0.25, 0.3) is 0 Å². The molecule has 0 saturated heterocycles. The van der Waals surface area contributed by atoms with E-state index in [1.54, 1.807) is 0 Å². The van der Waals surface area contributed by atoms with E-state index in [4.69, 9.17) is 4.74 Å². The second-order valence-electron chi connectivity index (χ2n) is 5.83. The molecule has 1 aliphatic heterocycles. The van der Waals surface area contributed by atoms with Crippen LogP contribution in [0.2, 0.25) is 0 Å². The molecule has 2 unspecified atom stereocenters.